The topological polar surface area (TPSA) is 67.9 Å². The summed E-state index contributed by atoms with van der Waals surface area (Å²) in [4.78, 5) is 28.7. The van der Waals surface area contributed by atoms with E-state index in [4.69, 9.17) is 9.47 Å². The second kappa shape index (κ2) is 7.91. The highest BCUT2D eigenvalue weighted by atomic mass is 16.5. The average Bonchev–Trinajstić information content (AvgIpc) is 3.58. The fourth-order valence-electron chi connectivity index (χ4n) is 4.87. The largest absolute Gasteiger partial charge is 0.490 e. The van der Waals surface area contributed by atoms with Gasteiger partial charge >= 0.3 is 0 Å². The van der Waals surface area contributed by atoms with Crippen molar-refractivity contribution in [1.29, 1.82) is 0 Å². The molecule has 0 bridgehead atoms. The molecule has 1 saturated carbocycles. The molecule has 2 aliphatic heterocycles. The molecule has 162 valence electrons. The Morgan fingerprint density at radius 3 is 2.48 bits per heavy atom. The Morgan fingerprint density at radius 2 is 1.77 bits per heavy atom. The Morgan fingerprint density at radius 1 is 1.06 bits per heavy atom. The van der Waals surface area contributed by atoms with Crippen molar-refractivity contribution in [2.45, 2.75) is 51.1 Å². The van der Waals surface area contributed by atoms with E-state index in [1.807, 2.05) is 55.1 Å². The van der Waals surface area contributed by atoms with Crippen LogP contribution in [0, 0.1) is 0 Å². The maximum absolute atomic E-state index is 13.5. The molecule has 2 amide bonds. The first kappa shape index (κ1) is 19.9. The van der Waals surface area contributed by atoms with E-state index < -0.39 is 5.92 Å². The molecule has 2 aromatic rings. The number of nitrogens with one attached hydrogen (secondary N) is 1. The van der Waals surface area contributed by atoms with Crippen molar-refractivity contribution in [3.05, 3.63) is 58.7 Å². The molecule has 0 saturated heterocycles. The van der Waals surface area contributed by atoms with Gasteiger partial charge in [0.15, 0.2) is 11.5 Å². The molecule has 5 rings (SSSR count). The minimum absolute atomic E-state index is 0.00264. The van der Waals surface area contributed by atoms with E-state index in [2.05, 4.69) is 5.32 Å². The van der Waals surface area contributed by atoms with Gasteiger partial charge in [-0.2, -0.15) is 0 Å². The van der Waals surface area contributed by atoms with Gasteiger partial charge in [0.2, 0.25) is 5.91 Å². The smallest absolute Gasteiger partial charge is 0.254 e. The molecule has 2 aromatic carbocycles. The summed E-state index contributed by atoms with van der Waals surface area (Å²) in [5, 5.41) is 3.18. The van der Waals surface area contributed by atoms with Crippen molar-refractivity contribution in [3.8, 4) is 11.5 Å². The van der Waals surface area contributed by atoms with Gasteiger partial charge in [-0.25, -0.2) is 0 Å². The molecule has 31 heavy (non-hydrogen) atoms. The quantitative estimate of drug-likeness (QED) is 0.775. The third-order valence-corrected chi connectivity index (χ3v) is 6.39. The first-order chi connectivity index (χ1) is 15.1. The minimum atomic E-state index is -0.444. The van der Waals surface area contributed by atoms with E-state index in [-0.39, 0.29) is 23.9 Å². The number of carbonyl (C=O) groups excluding carboxylic acids is 2. The summed E-state index contributed by atoms with van der Waals surface area (Å²) in [7, 11) is 0. The zero-order valence-corrected chi connectivity index (χ0v) is 18.0. The van der Waals surface area contributed by atoms with E-state index in [0.29, 0.717) is 31.1 Å². The number of fused-ring (bicyclic) bond motifs is 4. The molecule has 1 fully saturated rings. The third kappa shape index (κ3) is 3.44. The summed E-state index contributed by atoms with van der Waals surface area (Å²) < 4.78 is 11.7. The lowest BCUT2D eigenvalue weighted by molar-refractivity contribution is -0.124. The molecule has 0 aromatic heterocycles. The molecule has 6 nitrogen and oxygen atoms in total. The molecule has 2 atom stereocenters. The summed E-state index contributed by atoms with van der Waals surface area (Å²) in [6, 6.07) is 11.5. The lowest BCUT2D eigenvalue weighted by atomic mass is 9.75. The van der Waals surface area contributed by atoms with Gasteiger partial charge in [-0.1, -0.05) is 18.2 Å². The second-order valence-electron chi connectivity index (χ2n) is 8.40. The van der Waals surface area contributed by atoms with Crippen LogP contribution < -0.4 is 14.8 Å². The van der Waals surface area contributed by atoms with Crippen LogP contribution in [0.25, 0.3) is 0 Å². The number of carbonyl (C=O) groups is 2. The monoisotopic (exact) mass is 420 g/mol. The molecule has 3 aliphatic rings. The third-order valence-electron chi connectivity index (χ3n) is 6.39. The van der Waals surface area contributed by atoms with Crippen LogP contribution in [-0.4, -0.2) is 42.5 Å². The molecule has 6 heteroatoms. The minimum Gasteiger partial charge on any atom is -0.490 e. The van der Waals surface area contributed by atoms with Gasteiger partial charge in [0, 0.05) is 18.2 Å². The number of nitrogens with zero attached hydrogens (tertiary/aromatic N) is 1. The molecule has 0 spiro atoms. The van der Waals surface area contributed by atoms with Crippen LogP contribution in [0.3, 0.4) is 0 Å². The van der Waals surface area contributed by atoms with E-state index >= 15 is 0 Å². The summed E-state index contributed by atoms with van der Waals surface area (Å²) >= 11 is 0. The first-order valence-electron chi connectivity index (χ1n) is 11.2. The van der Waals surface area contributed by atoms with Gasteiger partial charge in [0.05, 0.1) is 25.2 Å². The lowest BCUT2D eigenvalue weighted by Crippen LogP contribution is -2.50. The second-order valence-corrected chi connectivity index (χ2v) is 8.40. The van der Waals surface area contributed by atoms with Crippen molar-refractivity contribution >= 4 is 11.8 Å². The van der Waals surface area contributed by atoms with Crippen molar-refractivity contribution in [3.63, 3.8) is 0 Å². The van der Waals surface area contributed by atoms with Crippen LogP contribution in [0.1, 0.15) is 65.7 Å². The zero-order chi connectivity index (χ0) is 21.5. The van der Waals surface area contributed by atoms with Crippen LogP contribution in [0.2, 0.25) is 0 Å². The normalized spacial score (nSPS) is 21.6. The lowest BCUT2D eigenvalue weighted by Gasteiger charge is -2.45. The van der Waals surface area contributed by atoms with Gasteiger partial charge in [-0.05, 0) is 68.0 Å². The van der Waals surface area contributed by atoms with Crippen LogP contribution in [0.5, 0.6) is 11.5 Å². The molecule has 1 aliphatic carbocycles. The van der Waals surface area contributed by atoms with E-state index in [1.165, 1.54) is 0 Å². The fourth-order valence-corrected chi connectivity index (χ4v) is 4.87. The highest BCUT2D eigenvalue weighted by molar-refractivity contribution is 6.01. The van der Waals surface area contributed by atoms with Crippen molar-refractivity contribution in [1.82, 2.24) is 10.2 Å². The number of hydrogen-bond donors (Lipinski definition) is 1. The van der Waals surface area contributed by atoms with Crippen molar-refractivity contribution < 1.29 is 19.1 Å². The Hall–Kier alpha value is -3.02. The Labute approximate surface area is 182 Å². The standard InChI is InChI=1S/C25H28N2O4/c1-3-30-20-13-15-11-12-27-23(19(15)14-21(20)31-4-2)22(24(28)26-16-9-10-16)17-7-5-6-8-18(17)25(27)29/h5-8,13-14,16,22-23H,3-4,9-12H2,1-2H3,(H,26,28). The summed E-state index contributed by atoms with van der Waals surface area (Å²) in [6.07, 6.45) is 2.77. The predicted octanol–water partition coefficient (Wildman–Crippen LogP) is 3.60. The Balaban J connectivity index is 1.65. The fraction of sp³-hybridized carbons (Fsp3) is 0.440. The average molecular weight is 421 g/mol. The molecule has 2 heterocycles. The van der Waals surface area contributed by atoms with Crippen LogP contribution in [0.15, 0.2) is 36.4 Å². The number of amides is 2. The zero-order valence-electron chi connectivity index (χ0n) is 18.0. The maximum atomic E-state index is 13.5. The van der Waals surface area contributed by atoms with Gasteiger partial charge in [0.1, 0.15) is 0 Å². The number of ether oxygens (including phenoxy) is 2. The van der Waals surface area contributed by atoms with Crippen LogP contribution in [0.4, 0.5) is 0 Å². The molecular weight excluding hydrogens is 392 g/mol. The summed E-state index contributed by atoms with van der Waals surface area (Å²) in [6.45, 7) is 5.53. The van der Waals surface area contributed by atoms with Crippen molar-refractivity contribution in [2.75, 3.05) is 19.8 Å². The number of benzene rings is 2. The SMILES string of the molecule is CCOc1cc2c(cc1OCC)C1C(C(=O)NC3CC3)c3ccccc3C(=O)N1CC2. The van der Waals surface area contributed by atoms with Crippen LogP contribution >= 0.6 is 0 Å². The Kier molecular flexibility index (Phi) is 5.08. The summed E-state index contributed by atoms with van der Waals surface area (Å²) in [5.74, 6) is 0.933. The highest BCUT2D eigenvalue weighted by Crippen LogP contribution is 2.48. The van der Waals surface area contributed by atoms with Gasteiger partial charge in [-0.3, -0.25) is 9.59 Å². The first-order valence-corrected chi connectivity index (χ1v) is 11.2. The predicted molar refractivity (Wildman–Crippen MR) is 117 cm³/mol. The van der Waals surface area contributed by atoms with Gasteiger partial charge in [0.25, 0.3) is 5.91 Å². The number of hydrogen-bond acceptors (Lipinski definition) is 4. The molecular formula is C25H28N2O4. The van der Waals surface area contributed by atoms with E-state index in [1.54, 1.807) is 0 Å². The van der Waals surface area contributed by atoms with Crippen LogP contribution in [-0.2, 0) is 11.2 Å². The number of rotatable bonds is 6. The van der Waals surface area contributed by atoms with Crippen molar-refractivity contribution in [2.24, 2.45) is 0 Å². The summed E-state index contributed by atoms with van der Waals surface area (Å²) in [5.41, 5.74) is 3.54. The molecule has 0 radical (unpaired) electrons. The highest BCUT2D eigenvalue weighted by Gasteiger charge is 2.47. The van der Waals surface area contributed by atoms with E-state index in [0.717, 1.165) is 41.7 Å². The Bertz CT molecular complexity index is 1030. The molecule has 2 unspecified atom stereocenters. The maximum Gasteiger partial charge on any atom is 0.254 e. The van der Waals surface area contributed by atoms with Gasteiger partial charge < -0.3 is 19.7 Å². The van der Waals surface area contributed by atoms with Gasteiger partial charge in [-0.15, -0.1) is 0 Å². The molecule has 1 N–H and O–H groups in total. The van der Waals surface area contributed by atoms with E-state index in [9.17, 15) is 9.59 Å².